The Hall–Kier alpha value is -8.19. The number of phenols is 1. The number of primary amides is 1. The molecule has 0 saturated heterocycles. The predicted molar refractivity (Wildman–Crippen MR) is 353 cm³/mol. The van der Waals surface area contributed by atoms with Crippen LogP contribution in [-0.4, -0.2) is 178 Å². The molecule has 13 atom stereocenters. The molecule has 0 aliphatic heterocycles. The van der Waals surface area contributed by atoms with Gasteiger partial charge >= 0.3 is 5.97 Å². The minimum absolute atomic E-state index is 0.00646. The number of hydrogen-bond donors (Lipinski definition) is 18. The number of aromatic hydroxyl groups is 1. The Morgan fingerprint density at radius 2 is 0.872 bits per heavy atom. The highest BCUT2D eigenvalue weighted by atomic mass is 16.4. The Balaban J connectivity index is 3.76. The maximum absolute atomic E-state index is 14.7. The van der Waals surface area contributed by atoms with Crippen LogP contribution in [0.15, 0.2) is 29.3 Å². The normalized spacial score (nSPS) is 15.5. The summed E-state index contributed by atoms with van der Waals surface area (Å²) >= 11 is 0. The Morgan fingerprint density at radius 3 is 1.32 bits per heavy atom. The van der Waals surface area contributed by atoms with Crippen molar-refractivity contribution in [2.45, 2.75) is 239 Å². The first-order chi connectivity index (χ1) is 43.9. The maximum atomic E-state index is 14.7. The summed E-state index contributed by atoms with van der Waals surface area (Å²) in [6.45, 7) is 20.6. The molecular formula is C63H110N16O15. The minimum atomic E-state index is -1.70. The van der Waals surface area contributed by atoms with Crippen LogP contribution in [0, 0.1) is 29.6 Å². The zero-order valence-electron chi connectivity index (χ0n) is 56.8. The fourth-order valence-corrected chi connectivity index (χ4v) is 9.80. The van der Waals surface area contributed by atoms with E-state index in [1.807, 2.05) is 27.7 Å². The zero-order valence-corrected chi connectivity index (χ0v) is 56.8. The Labute approximate surface area is 552 Å². The first-order valence-electron chi connectivity index (χ1n) is 32.4. The van der Waals surface area contributed by atoms with Gasteiger partial charge in [0.15, 0.2) is 5.96 Å². The number of carbonyl (C=O) groups excluding carboxylic acids is 11. The number of nitrogens with two attached hydrogens (primary N) is 5. The standard InChI is InChI=1S/C63H110N16O15/c1-13-36(10)50(61(93)74-45(52(66)84)28-33(4)5)78-57(89)44(23-24-49(82)83)73-58(90)46(29-34(6)7)76-59(91)47(30-35(8)9)75-56(88)42(17-14-15-25-64)71-55(87)43(18-16-26-69-63(67)68)72-60(92)48(31-39-19-21-40(81)22-20-39)77-62(94)51(38(12)80)79-53(85)37(11)70-54(86)41(65)27-32(2)3/h19-22,32-38,41-48,50-51,80-81H,13-18,23-31,64-65H2,1-12H3,(H2,66,84)(H,70,86)(H,71,87)(H,72,92)(H,73,90)(H,74,93)(H,75,88)(H,76,91)(H,77,94)(H,78,89)(H,79,85)(H,82,83)(H4,67,68,69)/t36-,37-,38+,41+,42-,43-,44-,45+,46-,47-,48+,50-,51-/m0/s1. The summed E-state index contributed by atoms with van der Waals surface area (Å²) in [5.74, 6) is -12.2. The van der Waals surface area contributed by atoms with E-state index in [4.69, 9.17) is 28.7 Å². The number of rotatable bonds is 45. The number of aliphatic hydroxyl groups excluding tert-OH is 1. The monoisotopic (exact) mass is 1330 g/mol. The minimum Gasteiger partial charge on any atom is -0.508 e. The van der Waals surface area contributed by atoms with E-state index in [2.05, 4.69) is 58.2 Å². The molecule has 0 aliphatic carbocycles. The molecule has 0 aliphatic rings. The van der Waals surface area contributed by atoms with Gasteiger partial charge in [0.05, 0.1) is 12.1 Å². The molecule has 11 amide bonds. The summed E-state index contributed by atoms with van der Waals surface area (Å²) in [4.78, 5) is 169. The number of aliphatic hydroxyl groups is 1. The molecule has 0 unspecified atom stereocenters. The van der Waals surface area contributed by atoms with Crippen LogP contribution in [0.2, 0.25) is 0 Å². The van der Waals surface area contributed by atoms with E-state index in [0.29, 0.717) is 24.8 Å². The fraction of sp³-hybridized carbons (Fsp3) is 0.698. The second-order valence-electron chi connectivity index (χ2n) is 25.8. The first-order valence-corrected chi connectivity index (χ1v) is 32.4. The predicted octanol–water partition coefficient (Wildman–Crippen LogP) is -1.73. The highest BCUT2D eigenvalue weighted by Crippen LogP contribution is 2.17. The van der Waals surface area contributed by atoms with Crippen LogP contribution in [0.1, 0.15) is 166 Å². The summed E-state index contributed by atoms with van der Waals surface area (Å²) in [5.41, 5.74) is 29.0. The molecule has 0 spiro atoms. The number of nitrogens with one attached hydrogen (secondary N) is 10. The summed E-state index contributed by atoms with van der Waals surface area (Å²) < 4.78 is 0. The Kier molecular flexibility index (Phi) is 38.3. The van der Waals surface area contributed by atoms with Gasteiger partial charge in [0.2, 0.25) is 65.0 Å². The number of benzene rings is 1. The molecule has 31 nitrogen and oxygen atoms in total. The lowest BCUT2D eigenvalue weighted by molar-refractivity contribution is -0.139. The van der Waals surface area contributed by atoms with Gasteiger partial charge in [-0.3, -0.25) is 62.5 Å². The van der Waals surface area contributed by atoms with Crippen molar-refractivity contribution >= 4 is 76.9 Å². The van der Waals surface area contributed by atoms with Gasteiger partial charge < -0.3 is 97.2 Å². The van der Waals surface area contributed by atoms with E-state index >= 15 is 0 Å². The van der Waals surface area contributed by atoms with Gasteiger partial charge in [-0.05, 0) is 132 Å². The molecule has 0 fully saturated rings. The van der Waals surface area contributed by atoms with Crippen LogP contribution in [0.4, 0.5) is 0 Å². The third-order valence-electron chi connectivity index (χ3n) is 15.2. The number of amides is 11. The van der Waals surface area contributed by atoms with Crippen molar-refractivity contribution in [3.8, 4) is 5.75 Å². The number of carbonyl (C=O) groups is 12. The third kappa shape index (κ3) is 32.6. The van der Waals surface area contributed by atoms with Crippen LogP contribution in [0.3, 0.4) is 0 Å². The van der Waals surface area contributed by atoms with Gasteiger partial charge in [0.25, 0.3) is 0 Å². The van der Waals surface area contributed by atoms with Crippen LogP contribution in [0.25, 0.3) is 0 Å². The largest absolute Gasteiger partial charge is 0.508 e. The maximum Gasteiger partial charge on any atom is 0.303 e. The molecule has 0 bridgehead atoms. The summed E-state index contributed by atoms with van der Waals surface area (Å²) in [5, 5.41) is 56.6. The van der Waals surface area contributed by atoms with E-state index < -0.39 is 162 Å². The molecule has 94 heavy (non-hydrogen) atoms. The lowest BCUT2D eigenvalue weighted by Gasteiger charge is -2.30. The van der Waals surface area contributed by atoms with Crippen LogP contribution < -0.4 is 81.8 Å². The van der Waals surface area contributed by atoms with Crippen LogP contribution in [0.5, 0.6) is 5.75 Å². The molecule has 0 heterocycles. The summed E-state index contributed by atoms with van der Waals surface area (Å²) in [6.07, 6.45) is -1.47. The number of aliphatic imine (C=N–C) groups is 1. The van der Waals surface area contributed by atoms with Crippen molar-refractivity contribution in [2.75, 3.05) is 13.1 Å². The molecular weight excluding hydrogens is 1220 g/mol. The highest BCUT2D eigenvalue weighted by Gasteiger charge is 2.38. The number of carboxylic acids is 1. The molecule has 1 aromatic carbocycles. The quantitative estimate of drug-likeness (QED) is 0.0196. The number of phenolic OH excluding ortho intramolecular Hbond substituents is 1. The SMILES string of the molecule is CC[C@H](C)[C@H](NC(=O)[C@H](CCC(=O)O)NC(=O)[C@H](CC(C)C)NC(=O)[C@H](CC(C)C)NC(=O)[C@H](CCCCN)NC(=O)[C@H](CCCN=C(N)N)NC(=O)[C@@H](Cc1ccc(O)cc1)NC(=O)[C@@H](NC(=O)[C@H](C)NC(=O)[C@H](N)CC(C)C)[C@@H](C)O)C(=O)N[C@H](CC(C)C)C(N)=O. The Bertz CT molecular complexity index is 2670. The first kappa shape index (κ1) is 83.8. The van der Waals surface area contributed by atoms with E-state index in [1.54, 1.807) is 41.5 Å². The number of hydrogen-bond acceptors (Lipinski definition) is 17. The van der Waals surface area contributed by atoms with Gasteiger partial charge in [-0.25, -0.2) is 0 Å². The van der Waals surface area contributed by atoms with Crippen molar-refractivity contribution in [1.29, 1.82) is 0 Å². The highest BCUT2D eigenvalue weighted by molar-refractivity contribution is 5.99. The third-order valence-corrected chi connectivity index (χ3v) is 15.2. The van der Waals surface area contributed by atoms with Crippen LogP contribution >= 0.6 is 0 Å². The zero-order chi connectivity index (χ0) is 71.7. The topological polar surface area (TPSA) is 528 Å². The number of guanidine groups is 1. The van der Waals surface area contributed by atoms with E-state index in [1.165, 1.54) is 38.1 Å². The fourth-order valence-electron chi connectivity index (χ4n) is 9.80. The molecule has 1 aromatic rings. The van der Waals surface area contributed by atoms with Crippen molar-refractivity contribution in [3.63, 3.8) is 0 Å². The summed E-state index contributed by atoms with van der Waals surface area (Å²) in [7, 11) is 0. The lowest BCUT2D eigenvalue weighted by atomic mass is 9.96. The molecule has 1 rings (SSSR count). The molecule has 0 radical (unpaired) electrons. The van der Waals surface area contributed by atoms with Gasteiger partial charge in [0.1, 0.15) is 66.2 Å². The van der Waals surface area contributed by atoms with Crippen LogP contribution in [-0.2, 0) is 64.0 Å². The smallest absolute Gasteiger partial charge is 0.303 e. The molecule has 532 valence electrons. The van der Waals surface area contributed by atoms with Gasteiger partial charge in [0, 0.05) is 19.4 Å². The van der Waals surface area contributed by atoms with Gasteiger partial charge in [-0.1, -0.05) is 87.8 Å². The van der Waals surface area contributed by atoms with Crippen molar-refractivity contribution in [2.24, 2.45) is 63.3 Å². The molecule has 0 aromatic heterocycles. The average Bonchev–Trinajstić information content (AvgIpc) is 0.904. The second kappa shape index (κ2) is 42.9. The van der Waals surface area contributed by atoms with Crippen molar-refractivity contribution in [3.05, 3.63) is 29.8 Å². The molecule has 23 N–H and O–H groups in total. The summed E-state index contributed by atoms with van der Waals surface area (Å²) in [6, 6.07) is -9.32. The average molecular weight is 1330 g/mol. The molecule has 0 saturated carbocycles. The van der Waals surface area contributed by atoms with Crippen molar-refractivity contribution in [1.82, 2.24) is 53.2 Å². The number of carboxylic acid groups (broad SMARTS) is 1. The van der Waals surface area contributed by atoms with Gasteiger partial charge in [-0.2, -0.15) is 0 Å². The number of aliphatic carboxylic acids is 1. The van der Waals surface area contributed by atoms with Gasteiger partial charge in [-0.15, -0.1) is 0 Å². The molecule has 31 heteroatoms. The number of unbranched alkanes of at least 4 members (excludes halogenated alkanes) is 1. The van der Waals surface area contributed by atoms with E-state index in [0.717, 1.165) is 0 Å². The van der Waals surface area contributed by atoms with Crippen molar-refractivity contribution < 1.29 is 72.9 Å². The lowest BCUT2D eigenvalue weighted by Crippen LogP contribution is -2.62. The van der Waals surface area contributed by atoms with E-state index in [9.17, 15) is 72.9 Å². The number of nitrogens with zero attached hydrogens (tertiary/aromatic N) is 1. The Morgan fingerprint density at radius 1 is 0.468 bits per heavy atom. The second-order valence-corrected chi connectivity index (χ2v) is 25.8. The van der Waals surface area contributed by atoms with E-state index in [-0.39, 0.29) is 99.8 Å².